The van der Waals surface area contributed by atoms with Crippen molar-refractivity contribution >= 4 is 23.5 Å². The first-order valence-corrected chi connectivity index (χ1v) is 10.6. The largest absolute Gasteiger partial charge is 0.434 e. The van der Waals surface area contributed by atoms with Crippen molar-refractivity contribution in [2.45, 2.75) is 33.2 Å². The van der Waals surface area contributed by atoms with E-state index in [1.54, 1.807) is 24.4 Å². The summed E-state index contributed by atoms with van der Waals surface area (Å²) in [6.07, 6.45) is 4.34. The van der Waals surface area contributed by atoms with E-state index >= 15 is 0 Å². The van der Waals surface area contributed by atoms with E-state index in [0.717, 1.165) is 24.1 Å². The Bertz CT molecular complexity index is 1020. The summed E-state index contributed by atoms with van der Waals surface area (Å²) in [5.74, 6) is 0.957. The van der Waals surface area contributed by atoms with Gasteiger partial charge in [-0.1, -0.05) is 26.0 Å². The van der Waals surface area contributed by atoms with E-state index in [1.165, 1.54) is 12.3 Å². The Morgan fingerprint density at radius 2 is 1.97 bits per heavy atom. The highest BCUT2D eigenvalue weighted by Gasteiger charge is 2.11. The van der Waals surface area contributed by atoms with Crippen LogP contribution in [0.5, 0.6) is 5.95 Å². The van der Waals surface area contributed by atoms with Gasteiger partial charge >= 0.3 is 6.09 Å². The second kappa shape index (κ2) is 11.5. The molecule has 8 heteroatoms. The number of rotatable bonds is 10. The third-order valence-corrected chi connectivity index (χ3v) is 4.64. The lowest BCUT2D eigenvalue weighted by Gasteiger charge is -2.13. The molecule has 2 amide bonds. The third kappa shape index (κ3) is 7.16. The molecule has 0 aliphatic rings. The van der Waals surface area contributed by atoms with Crippen molar-refractivity contribution in [1.29, 1.82) is 0 Å². The van der Waals surface area contributed by atoms with Gasteiger partial charge in [-0.2, -0.15) is 0 Å². The van der Waals surface area contributed by atoms with E-state index in [0.29, 0.717) is 30.4 Å². The lowest BCUT2D eigenvalue weighted by atomic mass is 10.1. The van der Waals surface area contributed by atoms with Crippen molar-refractivity contribution in [2.75, 3.05) is 17.2 Å². The van der Waals surface area contributed by atoms with Crippen LogP contribution in [0.25, 0.3) is 0 Å². The monoisotopic (exact) mass is 436 g/mol. The quantitative estimate of drug-likeness (QED) is 0.384. The highest BCUT2D eigenvalue weighted by Crippen LogP contribution is 2.17. The molecular weight excluding hydrogens is 408 g/mol. The lowest BCUT2D eigenvalue weighted by molar-refractivity contribution is 0.0953. The summed E-state index contributed by atoms with van der Waals surface area (Å²) in [4.78, 5) is 28.7. The number of benzene rings is 1. The van der Waals surface area contributed by atoms with Crippen LogP contribution in [0.1, 0.15) is 42.6 Å². The number of carbonyl (C=O) groups is 2. The number of furan rings is 1. The fourth-order valence-electron chi connectivity index (χ4n) is 3.04. The fourth-order valence-corrected chi connectivity index (χ4v) is 3.04. The Morgan fingerprint density at radius 3 is 2.75 bits per heavy atom. The van der Waals surface area contributed by atoms with Gasteiger partial charge in [-0.15, -0.1) is 0 Å². The van der Waals surface area contributed by atoms with E-state index < -0.39 is 6.09 Å². The van der Waals surface area contributed by atoms with Crippen LogP contribution in [0.2, 0.25) is 0 Å². The van der Waals surface area contributed by atoms with Crippen molar-refractivity contribution in [2.24, 2.45) is 5.92 Å². The molecule has 1 aromatic carbocycles. The smallest absolute Gasteiger partial charge is 0.420 e. The van der Waals surface area contributed by atoms with E-state index in [4.69, 9.17) is 9.15 Å². The summed E-state index contributed by atoms with van der Waals surface area (Å²) in [7, 11) is 0. The Hall–Kier alpha value is -3.81. The molecule has 3 N–H and O–H groups in total. The lowest BCUT2D eigenvalue weighted by Crippen LogP contribution is -2.25. The van der Waals surface area contributed by atoms with Gasteiger partial charge in [-0.3, -0.25) is 10.1 Å². The molecule has 3 rings (SSSR count). The van der Waals surface area contributed by atoms with Crippen LogP contribution >= 0.6 is 0 Å². The van der Waals surface area contributed by atoms with E-state index in [1.807, 2.05) is 24.3 Å². The normalized spacial score (nSPS) is 10.6. The SMILES string of the molecule is CC(C)CCCNC(=O)c1ccccc1NCc1ccnc(NC(=O)Oc2ccco2)c1. The van der Waals surface area contributed by atoms with Gasteiger partial charge in [0.05, 0.1) is 11.8 Å². The summed E-state index contributed by atoms with van der Waals surface area (Å²) in [5, 5.41) is 8.83. The van der Waals surface area contributed by atoms with Crippen LogP contribution in [-0.2, 0) is 6.54 Å². The van der Waals surface area contributed by atoms with E-state index in [-0.39, 0.29) is 11.9 Å². The zero-order chi connectivity index (χ0) is 22.8. The number of anilines is 2. The number of hydrogen-bond acceptors (Lipinski definition) is 6. The number of nitrogens with zero attached hydrogens (tertiary/aromatic N) is 1. The number of ether oxygens (including phenoxy) is 1. The first kappa shape index (κ1) is 22.9. The minimum absolute atomic E-state index is 0.0967. The molecule has 0 aliphatic heterocycles. The van der Waals surface area contributed by atoms with Crippen molar-refractivity contribution in [3.8, 4) is 5.95 Å². The Balaban J connectivity index is 1.55. The van der Waals surface area contributed by atoms with Crippen LogP contribution in [-0.4, -0.2) is 23.5 Å². The van der Waals surface area contributed by atoms with Crippen LogP contribution in [0.3, 0.4) is 0 Å². The molecule has 2 aromatic heterocycles. The molecule has 32 heavy (non-hydrogen) atoms. The molecule has 0 fully saturated rings. The summed E-state index contributed by atoms with van der Waals surface area (Å²) < 4.78 is 9.98. The predicted octanol–water partition coefficient (Wildman–Crippen LogP) is 5.06. The highest BCUT2D eigenvalue weighted by atomic mass is 16.6. The first-order chi connectivity index (χ1) is 15.5. The van der Waals surface area contributed by atoms with Gasteiger partial charge in [0.1, 0.15) is 5.82 Å². The minimum atomic E-state index is -0.697. The fraction of sp³-hybridized carbons (Fsp3) is 0.292. The number of hydrogen-bond donors (Lipinski definition) is 3. The van der Waals surface area contributed by atoms with Crippen LogP contribution in [0, 0.1) is 5.92 Å². The van der Waals surface area contributed by atoms with Crippen LogP contribution < -0.4 is 20.7 Å². The summed E-state index contributed by atoms with van der Waals surface area (Å²) in [5.41, 5.74) is 2.20. The molecule has 8 nitrogen and oxygen atoms in total. The number of carbonyl (C=O) groups excluding carboxylic acids is 2. The molecule has 0 saturated heterocycles. The van der Waals surface area contributed by atoms with Gasteiger partial charge in [0.25, 0.3) is 11.9 Å². The topological polar surface area (TPSA) is 105 Å². The van der Waals surface area contributed by atoms with Gasteiger partial charge in [0, 0.05) is 31.0 Å². The number of nitrogens with one attached hydrogen (secondary N) is 3. The average molecular weight is 437 g/mol. The summed E-state index contributed by atoms with van der Waals surface area (Å²) in [6.45, 7) is 5.44. The molecule has 168 valence electrons. The second-order valence-electron chi connectivity index (χ2n) is 7.69. The Labute approximate surface area is 187 Å². The van der Waals surface area contributed by atoms with Crippen LogP contribution in [0.4, 0.5) is 16.3 Å². The maximum atomic E-state index is 12.6. The first-order valence-electron chi connectivity index (χ1n) is 10.6. The Kier molecular flexibility index (Phi) is 8.25. The van der Waals surface area contributed by atoms with E-state index in [2.05, 4.69) is 34.8 Å². The standard InChI is InChI=1S/C24H28N4O4/c1-17(2)7-5-12-26-23(29)19-8-3-4-9-20(19)27-16-18-11-13-25-21(15-18)28-24(30)32-22-10-6-14-31-22/h3-4,6,8-11,13-15,17,27H,5,7,12,16H2,1-2H3,(H,26,29)(H,25,28,30). The molecule has 0 unspecified atom stereocenters. The minimum Gasteiger partial charge on any atom is -0.434 e. The predicted molar refractivity (Wildman–Crippen MR) is 123 cm³/mol. The zero-order valence-electron chi connectivity index (χ0n) is 18.3. The second-order valence-corrected chi connectivity index (χ2v) is 7.69. The van der Waals surface area contributed by atoms with Gasteiger partial charge < -0.3 is 19.8 Å². The maximum Gasteiger partial charge on any atom is 0.420 e. The maximum absolute atomic E-state index is 12.6. The van der Waals surface area contributed by atoms with E-state index in [9.17, 15) is 9.59 Å². The molecular formula is C24H28N4O4. The average Bonchev–Trinajstić information content (AvgIpc) is 3.28. The molecule has 0 spiro atoms. The number of aromatic nitrogens is 1. The highest BCUT2D eigenvalue weighted by molar-refractivity contribution is 5.99. The molecule has 0 bridgehead atoms. The van der Waals surface area contributed by atoms with Crippen molar-refractivity contribution in [3.05, 3.63) is 72.1 Å². The molecule has 0 saturated carbocycles. The van der Waals surface area contributed by atoms with Crippen LogP contribution in [0.15, 0.2) is 65.4 Å². The molecule has 0 atom stereocenters. The Morgan fingerprint density at radius 1 is 1.12 bits per heavy atom. The van der Waals surface area contributed by atoms with Crippen molar-refractivity contribution in [1.82, 2.24) is 10.3 Å². The summed E-state index contributed by atoms with van der Waals surface area (Å²) >= 11 is 0. The molecule has 3 aromatic rings. The van der Waals surface area contributed by atoms with Gasteiger partial charge in [-0.05, 0) is 54.7 Å². The van der Waals surface area contributed by atoms with Crippen molar-refractivity contribution in [3.63, 3.8) is 0 Å². The third-order valence-electron chi connectivity index (χ3n) is 4.64. The molecule has 0 radical (unpaired) electrons. The molecule has 2 heterocycles. The number of pyridine rings is 1. The number of amides is 2. The van der Waals surface area contributed by atoms with Crippen molar-refractivity contribution < 1.29 is 18.7 Å². The summed E-state index contributed by atoms with van der Waals surface area (Å²) in [6, 6.07) is 14.1. The number of para-hydroxylation sites is 1. The van der Waals surface area contributed by atoms with Gasteiger partial charge in [-0.25, -0.2) is 9.78 Å². The van der Waals surface area contributed by atoms with Gasteiger partial charge in [0.2, 0.25) is 0 Å². The molecule has 0 aliphatic carbocycles. The zero-order valence-corrected chi connectivity index (χ0v) is 18.3. The van der Waals surface area contributed by atoms with Gasteiger partial charge in [0.15, 0.2) is 0 Å².